The first kappa shape index (κ1) is 31.2. The van der Waals surface area contributed by atoms with Gasteiger partial charge in [0.1, 0.15) is 10.9 Å². The summed E-state index contributed by atoms with van der Waals surface area (Å²) >= 11 is 1.35. The first-order chi connectivity index (χ1) is 22.9. The van der Waals surface area contributed by atoms with Gasteiger partial charge in [-0.3, -0.25) is 14.4 Å². The number of hydrogen-bond donors (Lipinski definition) is 3. The van der Waals surface area contributed by atoms with E-state index in [1.54, 1.807) is 60.7 Å². The monoisotopic (exact) mass is 641 g/mol. The molecule has 1 aliphatic heterocycles. The first-order valence-electron chi connectivity index (χ1n) is 14.9. The molecule has 1 aliphatic rings. The summed E-state index contributed by atoms with van der Waals surface area (Å²) in [6.45, 7) is 2.10. The van der Waals surface area contributed by atoms with Crippen molar-refractivity contribution in [3.05, 3.63) is 155 Å². The molecule has 1 heterocycles. The molecule has 0 saturated carbocycles. The molecule has 3 amide bonds. The molecular formula is C38H31N3O5S. The number of amides is 3. The number of nitrogens with one attached hydrogen (secondary N) is 3. The van der Waals surface area contributed by atoms with Crippen molar-refractivity contribution in [1.82, 2.24) is 5.32 Å². The minimum absolute atomic E-state index is 0.0905. The van der Waals surface area contributed by atoms with Gasteiger partial charge in [0.25, 0.3) is 11.8 Å². The average molecular weight is 642 g/mol. The Kier molecular flexibility index (Phi) is 9.64. The lowest BCUT2D eigenvalue weighted by molar-refractivity contribution is -0.116. The first-order valence-corrected chi connectivity index (χ1v) is 15.8. The molecule has 1 unspecified atom stereocenters. The fourth-order valence-electron chi connectivity index (χ4n) is 4.93. The second-order valence-corrected chi connectivity index (χ2v) is 11.9. The van der Waals surface area contributed by atoms with Gasteiger partial charge >= 0.3 is 0 Å². The van der Waals surface area contributed by atoms with Crippen molar-refractivity contribution in [3.8, 4) is 11.5 Å². The zero-order valence-corrected chi connectivity index (χ0v) is 26.3. The van der Waals surface area contributed by atoms with Gasteiger partial charge in [-0.2, -0.15) is 0 Å². The number of carbonyl (C=O) groups is 3. The van der Waals surface area contributed by atoms with Crippen molar-refractivity contribution >= 4 is 46.9 Å². The molecule has 234 valence electrons. The molecule has 0 spiro atoms. The number of benzene rings is 5. The molecular weight excluding hydrogens is 611 g/mol. The highest BCUT2D eigenvalue weighted by Crippen LogP contribution is 2.39. The van der Waals surface area contributed by atoms with E-state index in [9.17, 15) is 14.4 Å². The molecule has 5 aromatic carbocycles. The van der Waals surface area contributed by atoms with E-state index in [0.29, 0.717) is 28.4 Å². The molecule has 0 saturated heterocycles. The van der Waals surface area contributed by atoms with Crippen molar-refractivity contribution in [2.45, 2.75) is 17.1 Å². The second-order valence-electron chi connectivity index (χ2n) is 10.7. The van der Waals surface area contributed by atoms with E-state index in [1.165, 1.54) is 11.8 Å². The van der Waals surface area contributed by atoms with Crippen LogP contribution >= 0.6 is 11.8 Å². The highest BCUT2D eigenvalue weighted by Gasteiger charge is 2.24. The Morgan fingerprint density at radius 2 is 1.45 bits per heavy atom. The lowest BCUT2D eigenvalue weighted by Gasteiger charge is -2.18. The molecule has 1 atom stereocenters. The van der Waals surface area contributed by atoms with E-state index in [1.807, 2.05) is 79.7 Å². The molecule has 5 aromatic rings. The van der Waals surface area contributed by atoms with E-state index in [4.69, 9.17) is 9.47 Å². The molecule has 8 nitrogen and oxygen atoms in total. The quantitative estimate of drug-likeness (QED) is 0.107. The fraction of sp³-hybridized carbons (Fsp3) is 0.0789. The third-order valence-electron chi connectivity index (χ3n) is 7.21. The van der Waals surface area contributed by atoms with Crippen molar-refractivity contribution in [2.24, 2.45) is 0 Å². The molecule has 3 N–H and O–H groups in total. The summed E-state index contributed by atoms with van der Waals surface area (Å²) in [6, 6.07) is 38.4. The molecule has 0 radical (unpaired) electrons. The maximum absolute atomic E-state index is 13.7. The van der Waals surface area contributed by atoms with Gasteiger partial charge in [-0.05, 0) is 66.6 Å². The van der Waals surface area contributed by atoms with Crippen molar-refractivity contribution in [1.29, 1.82) is 0 Å². The van der Waals surface area contributed by atoms with E-state index in [0.717, 1.165) is 21.6 Å². The van der Waals surface area contributed by atoms with Gasteiger partial charge in [0.15, 0.2) is 11.5 Å². The van der Waals surface area contributed by atoms with Gasteiger partial charge < -0.3 is 25.4 Å². The largest absolute Gasteiger partial charge is 0.454 e. The van der Waals surface area contributed by atoms with E-state index in [-0.39, 0.29) is 18.4 Å². The van der Waals surface area contributed by atoms with Crippen LogP contribution in [0.4, 0.5) is 11.4 Å². The van der Waals surface area contributed by atoms with E-state index in [2.05, 4.69) is 16.0 Å². The number of anilines is 2. The molecule has 0 fully saturated rings. The summed E-state index contributed by atoms with van der Waals surface area (Å²) < 4.78 is 10.9. The minimum Gasteiger partial charge on any atom is -0.454 e. The number of aryl methyl sites for hydroxylation is 1. The molecule has 9 heteroatoms. The number of thioether (sulfide) groups is 1. The number of rotatable bonds is 10. The third kappa shape index (κ3) is 8.08. The van der Waals surface area contributed by atoms with Crippen molar-refractivity contribution < 1.29 is 23.9 Å². The zero-order valence-electron chi connectivity index (χ0n) is 25.4. The Labute approximate surface area is 276 Å². The molecule has 6 rings (SSSR count). The predicted molar refractivity (Wildman–Crippen MR) is 184 cm³/mol. The summed E-state index contributed by atoms with van der Waals surface area (Å²) in [5.41, 5.74) is 4.23. The Bertz CT molecular complexity index is 1950. The summed E-state index contributed by atoms with van der Waals surface area (Å²) in [7, 11) is 0. The number of hydrogen-bond acceptors (Lipinski definition) is 6. The van der Waals surface area contributed by atoms with Crippen molar-refractivity contribution in [2.75, 3.05) is 17.4 Å². The summed E-state index contributed by atoms with van der Waals surface area (Å²) in [6.07, 6.45) is 1.65. The average Bonchev–Trinajstić information content (AvgIpc) is 3.56. The van der Waals surface area contributed by atoms with Crippen LogP contribution in [0.5, 0.6) is 11.5 Å². The maximum atomic E-state index is 13.7. The van der Waals surface area contributed by atoms with Crippen LogP contribution in [-0.2, 0) is 9.59 Å². The minimum atomic E-state index is -0.602. The van der Waals surface area contributed by atoms with Crippen LogP contribution in [0.2, 0.25) is 0 Å². The lowest BCUT2D eigenvalue weighted by atomic mass is 10.1. The van der Waals surface area contributed by atoms with Crippen LogP contribution in [-0.4, -0.2) is 24.5 Å². The highest BCUT2D eigenvalue weighted by atomic mass is 32.2. The van der Waals surface area contributed by atoms with Crippen LogP contribution in [0.3, 0.4) is 0 Å². The Hall–Kier alpha value is -5.80. The van der Waals surface area contributed by atoms with Crippen molar-refractivity contribution in [3.63, 3.8) is 0 Å². The predicted octanol–water partition coefficient (Wildman–Crippen LogP) is 7.61. The maximum Gasteiger partial charge on any atom is 0.272 e. The SMILES string of the molecule is Cc1cccc(/C=C(/NC(=O)c2ccccc2)C(=O)Nc2cccc(SC(C(=O)Nc3ccc4c(c3)OCO4)c3ccccc3)c2)c1. The Morgan fingerprint density at radius 1 is 0.723 bits per heavy atom. The third-order valence-corrected chi connectivity index (χ3v) is 8.46. The van der Waals surface area contributed by atoms with Gasteiger partial charge in [0.05, 0.1) is 0 Å². The highest BCUT2D eigenvalue weighted by molar-refractivity contribution is 8.00. The van der Waals surface area contributed by atoms with Gasteiger partial charge in [-0.15, -0.1) is 11.8 Å². The standard InChI is InChI=1S/C38H31N3O5S/c1-25-10-8-11-26(20-25)21-32(41-36(42)28-14-6-3-7-15-28)37(43)39-29-16-9-17-31(22-29)47-35(27-12-4-2-5-13-27)38(44)40-30-18-19-33-34(23-30)46-24-45-33/h2-23,35H,24H2,1H3,(H,39,43)(H,40,44)(H,41,42)/b32-21+. The van der Waals surface area contributed by atoms with Gasteiger partial charge in [0, 0.05) is 27.9 Å². The Morgan fingerprint density at radius 3 is 2.23 bits per heavy atom. The van der Waals surface area contributed by atoms with Crippen LogP contribution in [0.1, 0.15) is 32.3 Å². The Balaban J connectivity index is 1.22. The zero-order chi connectivity index (χ0) is 32.6. The fourth-order valence-corrected chi connectivity index (χ4v) is 6.02. The molecule has 0 bridgehead atoms. The second kappa shape index (κ2) is 14.5. The number of carbonyl (C=O) groups excluding carboxylic acids is 3. The van der Waals surface area contributed by atoms with Crippen LogP contribution in [0.25, 0.3) is 6.08 Å². The summed E-state index contributed by atoms with van der Waals surface area (Å²) in [5.74, 6) is 0.0982. The topological polar surface area (TPSA) is 106 Å². The number of fused-ring (bicyclic) bond motifs is 1. The van der Waals surface area contributed by atoms with E-state index < -0.39 is 17.1 Å². The smallest absolute Gasteiger partial charge is 0.272 e. The van der Waals surface area contributed by atoms with Crippen LogP contribution in [0.15, 0.2) is 138 Å². The number of ether oxygens (including phenoxy) is 2. The molecule has 47 heavy (non-hydrogen) atoms. The summed E-state index contributed by atoms with van der Waals surface area (Å²) in [5, 5.41) is 8.09. The lowest BCUT2D eigenvalue weighted by Crippen LogP contribution is -2.30. The van der Waals surface area contributed by atoms with Crippen LogP contribution < -0.4 is 25.4 Å². The molecule has 0 aliphatic carbocycles. The summed E-state index contributed by atoms with van der Waals surface area (Å²) in [4.78, 5) is 41.1. The molecule has 0 aromatic heterocycles. The van der Waals surface area contributed by atoms with Crippen LogP contribution in [0, 0.1) is 6.92 Å². The van der Waals surface area contributed by atoms with Gasteiger partial charge in [0.2, 0.25) is 12.7 Å². The normalized spacial score (nSPS) is 12.6. The van der Waals surface area contributed by atoms with E-state index >= 15 is 0 Å². The van der Waals surface area contributed by atoms with Gasteiger partial charge in [-0.25, -0.2) is 0 Å². The van der Waals surface area contributed by atoms with Gasteiger partial charge in [-0.1, -0.05) is 84.4 Å².